The van der Waals surface area contributed by atoms with Gasteiger partial charge >= 0.3 is 0 Å². The number of fused-ring (bicyclic) bond motifs is 8. The monoisotopic (exact) mass is 644 g/mol. The van der Waals surface area contributed by atoms with Crippen molar-refractivity contribution in [1.82, 2.24) is 9.13 Å². The summed E-state index contributed by atoms with van der Waals surface area (Å²) in [5, 5.41) is 5.10. The molecule has 0 unspecified atom stereocenters. The van der Waals surface area contributed by atoms with Gasteiger partial charge in [0.25, 0.3) is 0 Å². The lowest BCUT2D eigenvalue weighted by Gasteiger charge is -2.29. The summed E-state index contributed by atoms with van der Waals surface area (Å²) < 4.78 is 4.90. The maximum atomic E-state index is 2.48. The lowest BCUT2D eigenvalue weighted by molar-refractivity contribution is 1.16. The van der Waals surface area contributed by atoms with Gasteiger partial charge in [0.1, 0.15) is 0 Å². The lowest BCUT2D eigenvalue weighted by Crippen LogP contribution is -2.56. The van der Waals surface area contributed by atoms with E-state index in [1.54, 1.807) is 0 Å². The van der Waals surface area contributed by atoms with E-state index in [1.807, 2.05) is 11.8 Å². The number of nitrogens with zero attached hydrogens (tertiary/aromatic N) is 2. The molecule has 4 heteroatoms. The predicted molar refractivity (Wildman–Crippen MR) is 211 cm³/mol. The molecule has 0 amide bonds. The Morgan fingerprint density at radius 2 is 1.00 bits per heavy atom. The molecule has 2 nitrogen and oxygen atoms in total. The van der Waals surface area contributed by atoms with Crippen molar-refractivity contribution in [3.63, 3.8) is 0 Å². The Morgan fingerprint density at radius 3 is 1.69 bits per heavy atom. The molecular weight excluding hydrogens is 611 g/mol. The van der Waals surface area contributed by atoms with Gasteiger partial charge < -0.3 is 9.13 Å². The van der Waals surface area contributed by atoms with E-state index in [2.05, 4.69) is 175 Å². The largest absolute Gasteiger partial charge is 0.309 e. The van der Waals surface area contributed by atoms with Crippen molar-refractivity contribution >= 4 is 78.5 Å². The fourth-order valence-electron chi connectivity index (χ4n) is 8.61. The van der Waals surface area contributed by atoms with Gasteiger partial charge in [-0.05, 0) is 75.4 Å². The van der Waals surface area contributed by atoms with E-state index in [4.69, 9.17) is 0 Å². The van der Waals surface area contributed by atoms with Crippen molar-refractivity contribution < 1.29 is 0 Å². The molecule has 232 valence electrons. The summed E-state index contributed by atoms with van der Waals surface area (Å²) >= 11 is 1.91. The zero-order chi connectivity index (χ0) is 32.8. The van der Waals surface area contributed by atoms with E-state index >= 15 is 0 Å². The van der Waals surface area contributed by atoms with Crippen LogP contribution in [0.4, 0.5) is 0 Å². The molecular formula is C45H33BN2S. The molecule has 3 heterocycles. The van der Waals surface area contributed by atoms with E-state index in [0.29, 0.717) is 0 Å². The normalized spacial score (nSPS) is 12.7. The summed E-state index contributed by atoms with van der Waals surface area (Å²) in [6.45, 7) is 6.96. The molecule has 0 saturated carbocycles. The standard InChI is InChI=1S/C45H33BN2S/c1-28-23-29(2)45(30(3)24-28)46-37-17-9-12-20-43(37)49-44-25-32(21-22-38(44)46)48-40-19-11-8-16-34(40)36-26-35-33-15-7-10-18-39(33)47(41(35)27-42(36)48)31-13-5-4-6-14-31/h4-27H,1-3H3. The van der Waals surface area contributed by atoms with Crippen LogP contribution < -0.4 is 16.4 Å². The topological polar surface area (TPSA) is 9.86 Å². The maximum Gasteiger partial charge on any atom is 0.244 e. The molecule has 1 aliphatic heterocycles. The van der Waals surface area contributed by atoms with Gasteiger partial charge in [-0.3, -0.25) is 0 Å². The summed E-state index contributed by atoms with van der Waals surface area (Å²) in [6.07, 6.45) is 0. The maximum absolute atomic E-state index is 2.48. The second-order valence-corrected chi connectivity index (χ2v) is 14.6. The van der Waals surface area contributed by atoms with E-state index in [-0.39, 0.29) is 6.71 Å². The molecule has 7 aromatic carbocycles. The number of aromatic nitrogens is 2. The van der Waals surface area contributed by atoms with Gasteiger partial charge in [-0.2, -0.15) is 0 Å². The fourth-order valence-corrected chi connectivity index (χ4v) is 9.78. The summed E-state index contributed by atoms with van der Waals surface area (Å²) in [5.74, 6) is 0. The van der Waals surface area contributed by atoms with Crippen LogP contribution in [0.3, 0.4) is 0 Å². The van der Waals surface area contributed by atoms with Crippen molar-refractivity contribution in [3.8, 4) is 11.4 Å². The summed E-state index contributed by atoms with van der Waals surface area (Å²) in [7, 11) is 0. The molecule has 0 aliphatic carbocycles. The number of aryl methyl sites for hydroxylation is 3. The van der Waals surface area contributed by atoms with Crippen LogP contribution in [-0.2, 0) is 0 Å². The third kappa shape index (κ3) is 4.24. The van der Waals surface area contributed by atoms with Crippen LogP contribution in [0, 0.1) is 20.8 Å². The van der Waals surface area contributed by atoms with Crippen LogP contribution in [0.25, 0.3) is 55.0 Å². The SMILES string of the molecule is Cc1cc(C)c(B2c3ccccc3Sc3cc(-n4c5ccccc5c5cc6c7ccccc7n(-c7ccccc7)c6cc54)ccc32)c(C)c1. The third-order valence-electron chi connectivity index (χ3n) is 10.5. The van der Waals surface area contributed by atoms with Gasteiger partial charge in [0, 0.05) is 42.7 Å². The van der Waals surface area contributed by atoms with Gasteiger partial charge in [-0.15, -0.1) is 0 Å². The van der Waals surface area contributed by atoms with Gasteiger partial charge in [-0.1, -0.05) is 136 Å². The minimum absolute atomic E-state index is 0.196. The molecule has 0 atom stereocenters. The van der Waals surface area contributed by atoms with Crippen LogP contribution >= 0.6 is 11.8 Å². The first-order valence-electron chi connectivity index (χ1n) is 17.1. The average Bonchev–Trinajstić information content (AvgIpc) is 3.62. The van der Waals surface area contributed by atoms with E-state index in [0.717, 1.165) is 0 Å². The van der Waals surface area contributed by atoms with Crippen molar-refractivity contribution in [3.05, 3.63) is 162 Å². The predicted octanol–water partition coefficient (Wildman–Crippen LogP) is 9.79. The van der Waals surface area contributed by atoms with Gasteiger partial charge in [0.2, 0.25) is 6.71 Å². The average molecular weight is 645 g/mol. The van der Waals surface area contributed by atoms with Crippen molar-refractivity contribution in [2.75, 3.05) is 0 Å². The lowest BCUT2D eigenvalue weighted by atomic mass is 9.35. The Kier molecular flexibility index (Phi) is 6.28. The Balaban J connectivity index is 1.25. The highest BCUT2D eigenvalue weighted by Gasteiger charge is 2.33. The number of benzene rings is 7. The molecule has 0 N–H and O–H groups in total. The summed E-state index contributed by atoms with van der Waals surface area (Å²) in [6, 6.07) is 54.1. The molecule has 0 spiro atoms. The second kappa shape index (κ2) is 10.8. The minimum Gasteiger partial charge on any atom is -0.309 e. The molecule has 9 aromatic rings. The van der Waals surface area contributed by atoms with E-state index in [9.17, 15) is 0 Å². The van der Waals surface area contributed by atoms with E-state index < -0.39 is 0 Å². The van der Waals surface area contributed by atoms with Crippen molar-refractivity contribution in [2.45, 2.75) is 30.6 Å². The molecule has 1 aliphatic rings. The van der Waals surface area contributed by atoms with Gasteiger partial charge in [0.05, 0.1) is 22.1 Å². The Morgan fingerprint density at radius 1 is 0.429 bits per heavy atom. The first-order chi connectivity index (χ1) is 24.0. The highest BCUT2D eigenvalue weighted by atomic mass is 32.2. The van der Waals surface area contributed by atoms with Gasteiger partial charge in [-0.25, -0.2) is 0 Å². The van der Waals surface area contributed by atoms with Crippen molar-refractivity contribution in [1.29, 1.82) is 0 Å². The third-order valence-corrected chi connectivity index (χ3v) is 11.7. The first kappa shape index (κ1) is 28.6. The van der Waals surface area contributed by atoms with Gasteiger partial charge in [0.15, 0.2) is 0 Å². The Bertz CT molecular complexity index is 2770. The Hall–Kier alpha value is -5.45. The first-order valence-corrected chi connectivity index (χ1v) is 17.9. The minimum atomic E-state index is 0.196. The van der Waals surface area contributed by atoms with Crippen LogP contribution in [-0.4, -0.2) is 15.8 Å². The Labute approximate surface area is 290 Å². The zero-order valence-corrected chi connectivity index (χ0v) is 28.6. The highest BCUT2D eigenvalue weighted by Crippen LogP contribution is 2.40. The molecule has 0 fully saturated rings. The van der Waals surface area contributed by atoms with Crippen molar-refractivity contribution in [2.24, 2.45) is 0 Å². The number of hydrogen-bond acceptors (Lipinski definition) is 1. The molecule has 0 saturated heterocycles. The van der Waals surface area contributed by atoms with Crippen LogP contribution in [0.15, 0.2) is 155 Å². The summed E-state index contributed by atoms with van der Waals surface area (Å²) in [5.41, 5.74) is 15.5. The molecule has 10 rings (SSSR count). The highest BCUT2D eigenvalue weighted by molar-refractivity contribution is 8.00. The molecule has 49 heavy (non-hydrogen) atoms. The van der Waals surface area contributed by atoms with Crippen LogP contribution in [0.5, 0.6) is 0 Å². The van der Waals surface area contributed by atoms with Crippen LogP contribution in [0.1, 0.15) is 16.7 Å². The fraction of sp³-hybridized carbons (Fsp3) is 0.0667. The van der Waals surface area contributed by atoms with E-state index in [1.165, 1.54) is 97.9 Å². The summed E-state index contributed by atoms with van der Waals surface area (Å²) in [4.78, 5) is 2.67. The number of rotatable bonds is 3. The molecule has 0 bridgehead atoms. The molecule has 0 radical (unpaired) electrons. The smallest absolute Gasteiger partial charge is 0.244 e. The number of hydrogen-bond donors (Lipinski definition) is 0. The second-order valence-electron chi connectivity index (χ2n) is 13.5. The quantitative estimate of drug-likeness (QED) is 0.174. The molecule has 2 aromatic heterocycles. The zero-order valence-electron chi connectivity index (χ0n) is 27.7. The van der Waals surface area contributed by atoms with Crippen LogP contribution in [0.2, 0.25) is 0 Å². The number of para-hydroxylation sites is 3.